The van der Waals surface area contributed by atoms with Crippen molar-refractivity contribution in [1.82, 2.24) is 4.90 Å². The number of carboxylic acid groups (broad SMARTS) is 1. The molecule has 1 atom stereocenters. The van der Waals surface area contributed by atoms with E-state index in [9.17, 15) is 14.7 Å². The Kier molecular flexibility index (Phi) is 6.72. The molecule has 0 radical (unpaired) electrons. The van der Waals surface area contributed by atoms with Crippen molar-refractivity contribution in [2.45, 2.75) is 25.5 Å². The predicted octanol–water partition coefficient (Wildman–Crippen LogP) is 2.82. The van der Waals surface area contributed by atoms with Gasteiger partial charge in [-0.05, 0) is 35.2 Å². The van der Waals surface area contributed by atoms with Gasteiger partial charge in [-0.2, -0.15) is 0 Å². The lowest BCUT2D eigenvalue weighted by Crippen LogP contribution is -2.42. The zero-order valence-corrected chi connectivity index (χ0v) is 16.6. The summed E-state index contributed by atoms with van der Waals surface area (Å²) in [6.45, 7) is 0.646. The van der Waals surface area contributed by atoms with Gasteiger partial charge in [0.2, 0.25) is 5.91 Å². The maximum Gasteiger partial charge on any atom is 0.305 e. The molecule has 1 aliphatic rings. The van der Waals surface area contributed by atoms with Gasteiger partial charge < -0.3 is 24.2 Å². The van der Waals surface area contributed by atoms with Crippen LogP contribution in [0.25, 0.3) is 0 Å². The first-order valence-corrected chi connectivity index (χ1v) is 9.41. The molecular formula is C22H25NO6. The molecule has 1 heterocycles. The third kappa shape index (κ3) is 4.86. The van der Waals surface area contributed by atoms with E-state index in [2.05, 4.69) is 0 Å². The van der Waals surface area contributed by atoms with E-state index in [0.717, 1.165) is 16.7 Å². The lowest BCUT2D eigenvalue weighted by atomic mass is 9.90. The number of benzene rings is 2. The number of fused-ring (bicyclic) bond motifs is 1. The number of carbonyl (C=O) groups excluding carboxylic acids is 1. The lowest BCUT2D eigenvalue weighted by molar-refractivity contribution is -0.144. The van der Waals surface area contributed by atoms with Crippen molar-refractivity contribution in [2.24, 2.45) is 0 Å². The minimum atomic E-state index is -0.972. The van der Waals surface area contributed by atoms with Crippen LogP contribution in [0.4, 0.5) is 0 Å². The van der Waals surface area contributed by atoms with E-state index in [1.165, 1.54) is 7.11 Å². The molecule has 0 saturated carbocycles. The van der Waals surface area contributed by atoms with Crippen molar-refractivity contribution < 1.29 is 28.9 Å². The molecule has 0 aliphatic carbocycles. The van der Waals surface area contributed by atoms with E-state index in [1.807, 2.05) is 36.4 Å². The largest absolute Gasteiger partial charge is 0.493 e. The standard InChI is InChI=1S/C22H25NO6/c1-27-19-10-16-8-9-23(18(12-22(25)26)17(16)11-20(19)28-2)21(24)14-29-13-15-6-4-3-5-7-15/h3-7,10-11,18H,8-9,12-14H2,1-2H3,(H,25,26). The van der Waals surface area contributed by atoms with Gasteiger partial charge in [0.15, 0.2) is 11.5 Å². The van der Waals surface area contributed by atoms with Gasteiger partial charge in [-0.15, -0.1) is 0 Å². The Morgan fingerprint density at radius 2 is 1.79 bits per heavy atom. The first-order valence-electron chi connectivity index (χ1n) is 9.41. The molecule has 1 N–H and O–H groups in total. The minimum absolute atomic E-state index is 0.104. The van der Waals surface area contributed by atoms with Crippen LogP contribution >= 0.6 is 0 Å². The number of aliphatic carboxylic acids is 1. The van der Waals surface area contributed by atoms with Crippen LogP contribution in [0.1, 0.15) is 29.2 Å². The zero-order valence-electron chi connectivity index (χ0n) is 16.6. The van der Waals surface area contributed by atoms with Crippen LogP contribution in [0.5, 0.6) is 11.5 Å². The average molecular weight is 399 g/mol. The highest BCUT2D eigenvalue weighted by atomic mass is 16.5. The van der Waals surface area contributed by atoms with E-state index in [4.69, 9.17) is 14.2 Å². The highest BCUT2D eigenvalue weighted by Crippen LogP contribution is 2.39. The third-order valence-corrected chi connectivity index (χ3v) is 5.03. The second-order valence-corrected chi connectivity index (χ2v) is 6.84. The van der Waals surface area contributed by atoms with Crippen LogP contribution in [0.2, 0.25) is 0 Å². The summed E-state index contributed by atoms with van der Waals surface area (Å²) < 4.78 is 16.3. The number of amides is 1. The van der Waals surface area contributed by atoms with Crippen LogP contribution in [0.15, 0.2) is 42.5 Å². The fourth-order valence-electron chi connectivity index (χ4n) is 3.63. The summed E-state index contributed by atoms with van der Waals surface area (Å²) in [7, 11) is 3.08. The fourth-order valence-corrected chi connectivity index (χ4v) is 3.63. The molecule has 7 nitrogen and oxygen atoms in total. The van der Waals surface area contributed by atoms with E-state index in [1.54, 1.807) is 18.1 Å². The molecule has 0 bridgehead atoms. The van der Waals surface area contributed by atoms with E-state index >= 15 is 0 Å². The average Bonchev–Trinajstić information content (AvgIpc) is 2.73. The number of carbonyl (C=O) groups is 2. The van der Waals surface area contributed by atoms with E-state index < -0.39 is 12.0 Å². The molecule has 0 spiro atoms. The van der Waals surface area contributed by atoms with Crippen molar-refractivity contribution >= 4 is 11.9 Å². The summed E-state index contributed by atoms with van der Waals surface area (Å²) in [5.41, 5.74) is 2.71. The van der Waals surface area contributed by atoms with Gasteiger partial charge in [0.25, 0.3) is 0 Å². The monoisotopic (exact) mass is 399 g/mol. The van der Waals surface area contributed by atoms with Gasteiger partial charge in [0.05, 0.1) is 33.3 Å². The number of hydrogen-bond donors (Lipinski definition) is 1. The molecule has 1 unspecified atom stereocenters. The Bertz CT molecular complexity index is 867. The van der Waals surface area contributed by atoms with Crippen LogP contribution < -0.4 is 9.47 Å². The Balaban J connectivity index is 1.78. The minimum Gasteiger partial charge on any atom is -0.493 e. The molecule has 0 fully saturated rings. The Hall–Kier alpha value is -3.06. The van der Waals surface area contributed by atoms with Crippen molar-refractivity contribution in [1.29, 1.82) is 0 Å². The maximum atomic E-state index is 12.8. The summed E-state index contributed by atoms with van der Waals surface area (Å²) in [5.74, 6) is -0.101. The third-order valence-electron chi connectivity index (χ3n) is 5.03. The van der Waals surface area contributed by atoms with Gasteiger partial charge in [0.1, 0.15) is 6.61 Å². The smallest absolute Gasteiger partial charge is 0.305 e. The SMILES string of the molecule is COc1cc2c(cc1OC)C(CC(=O)O)N(C(=O)COCc1ccccc1)CC2. The van der Waals surface area contributed by atoms with Gasteiger partial charge in [0, 0.05) is 6.54 Å². The van der Waals surface area contributed by atoms with Crippen LogP contribution in [-0.4, -0.2) is 49.3 Å². The normalized spacial score (nSPS) is 15.5. The van der Waals surface area contributed by atoms with Crippen molar-refractivity contribution in [2.75, 3.05) is 27.4 Å². The van der Waals surface area contributed by atoms with Crippen molar-refractivity contribution in [3.63, 3.8) is 0 Å². The zero-order chi connectivity index (χ0) is 20.8. The molecule has 154 valence electrons. The van der Waals surface area contributed by atoms with Crippen LogP contribution in [0, 0.1) is 0 Å². The van der Waals surface area contributed by atoms with Gasteiger partial charge >= 0.3 is 5.97 Å². The number of nitrogens with zero attached hydrogens (tertiary/aromatic N) is 1. The Morgan fingerprint density at radius 3 is 2.45 bits per heavy atom. The van der Waals surface area contributed by atoms with Gasteiger partial charge in [-0.3, -0.25) is 9.59 Å². The number of methoxy groups -OCH3 is 2. The van der Waals surface area contributed by atoms with E-state index in [-0.39, 0.29) is 18.9 Å². The molecule has 2 aromatic rings. The number of carboxylic acids is 1. The maximum absolute atomic E-state index is 12.8. The van der Waals surface area contributed by atoms with Crippen LogP contribution in [0.3, 0.4) is 0 Å². The fraction of sp³-hybridized carbons (Fsp3) is 0.364. The second-order valence-electron chi connectivity index (χ2n) is 6.84. The molecule has 1 amide bonds. The topological polar surface area (TPSA) is 85.3 Å². The molecule has 7 heteroatoms. The predicted molar refractivity (Wildman–Crippen MR) is 106 cm³/mol. The number of ether oxygens (including phenoxy) is 3. The van der Waals surface area contributed by atoms with Gasteiger partial charge in [-0.1, -0.05) is 30.3 Å². The molecule has 0 aromatic heterocycles. The lowest BCUT2D eigenvalue weighted by Gasteiger charge is -2.37. The summed E-state index contributed by atoms with van der Waals surface area (Å²) in [6.07, 6.45) is 0.420. The molecular weight excluding hydrogens is 374 g/mol. The molecule has 29 heavy (non-hydrogen) atoms. The summed E-state index contributed by atoms with van der Waals surface area (Å²) in [5, 5.41) is 9.42. The molecule has 3 rings (SSSR count). The van der Waals surface area contributed by atoms with Crippen molar-refractivity contribution in [3.8, 4) is 11.5 Å². The van der Waals surface area contributed by atoms with Crippen LogP contribution in [-0.2, 0) is 27.4 Å². The second kappa shape index (κ2) is 9.43. The first kappa shape index (κ1) is 20.7. The Labute approximate surface area is 169 Å². The summed E-state index contributed by atoms with van der Waals surface area (Å²) in [6, 6.07) is 12.6. The molecule has 1 aliphatic heterocycles. The quantitative estimate of drug-likeness (QED) is 0.735. The summed E-state index contributed by atoms with van der Waals surface area (Å²) >= 11 is 0. The van der Waals surface area contributed by atoms with E-state index in [0.29, 0.717) is 31.1 Å². The molecule has 2 aromatic carbocycles. The highest BCUT2D eigenvalue weighted by molar-refractivity contribution is 5.79. The molecule has 0 saturated heterocycles. The van der Waals surface area contributed by atoms with Gasteiger partial charge in [-0.25, -0.2) is 0 Å². The number of rotatable bonds is 8. The first-order chi connectivity index (χ1) is 14.0. The highest BCUT2D eigenvalue weighted by Gasteiger charge is 2.33. The Morgan fingerprint density at radius 1 is 1.10 bits per heavy atom. The number of hydrogen-bond acceptors (Lipinski definition) is 5. The van der Waals surface area contributed by atoms with Crippen molar-refractivity contribution in [3.05, 3.63) is 59.2 Å². The summed E-state index contributed by atoms with van der Waals surface area (Å²) in [4.78, 5) is 25.9.